The van der Waals surface area contributed by atoms with E-state index in [0.717, 1.165) is 5.56 Å². The maximum Gasteiger partial charge on any atom is 0.328 e. The van der Waals surface area contributed by atoms with Gasteiger partial charge in [0.15, 0.2) is 5.82 Å². The molecule has 2 heterocycles. The predicted octanol–water partition coefficient (Wildman–Crippen LogP) is 1.84. The Kier molecular flexibility index (Phi) is 3.76. The number of carbonyl (C=O) groups is 2. The number of carbonyl (C=O) groups excluding carboxylic acids is 1. The summed E-state index contributed by atoms with van der Waals surface area (Å²) >= 11 is 6.02. The van der Waals surface area contributed by atoms with Crippen molar-refractivity contribution in [3.8, 4) is 0 Å². The van der Waals surface area contributed by atoms with Crippen molar-refractivity contribution in [3.05, 3.63) is 46.5 Å². The lowest BCUT2D eigenvalue weighted by Gasteiger charge is -2.33. The number of hydrogen-bond acceptors (Lipinski definition) is 4. The van der Waals surface area contributed by atoms with Crippen molar-refractivity contribution >= 4 is 23.5 Å². The number of fused-ring (bicyclic) bond motifs is 1. The molecular weight excluding hydrogens is 344 g/mol. The number of amides is 1. The molecule has 0 bridgehead atoms. The fourth-order valence-electron chi connectivity index (χ4n) is 3.54. The molecule has 4 rings (SSSR count). The number of aliphatic carboxylic acids is 1. The molecule has 3 unspecified atom stereocenters. The van der Waals surface area contributed by atoms with E-state index >= 15 is 0 Å². The normalized spacial score (nSPS) is 24.7. The van der Waals surface area contributed by atoms with Crippen LogP contribution in [0.2, 0.25) is 5.02 Å². The Morgan fingerprint density at radius 1 is 1.32 bits per heavy atom. The van der Waals surface area contributed by atoms with Crippen LogP contribution in [0.25, 0.3) is 0 Å². The number of halogens is 1. The molecular formula is C17H17ClN4O3. The summed E-state index contributed by atoms with van der Waals surface area (Å²) in [4.78, 5) is 26.1. The molecule has 2 aromatic rings. The van der Waals surface area contributed by atoms with E-state index in [1.165, 1.54) is 4.90 Å². The zero-order valence-corrected chi connectivity index (χ0v) is 14.3. The van der Waals surface area contributed by atoms with Gasteiger partial charge in [-0.2, -0.15) is 0 Å². The van der Waals surface area contributed by atoms with Crippen molar-refractivity contribution in [2.24, 2.45) is 5.92 Å². The van der Waals surface area contributed by atoms with Gasteiger partial charge in [-0.1, -0.05) is 23.7 Å². The summed E-state index contributed by atoms with van der Waals surface area (Å²) in [7, 11) is 0. The van der Waals surface area contributed by atoms with E-state index in [1.54, 1.807) is 17.6 Å². The third-order valence-electron chi connectivity index (χ3n) is 5.01. The molecule has 1 aromatic carbocycles. The van der Waals surface area contributed by atoms with Gasteiger partial charge in [0.25, 0.3) is 0 Å². The Balaban J connectivity index is 1.56. The zero-order valence-electron chi connectivity index (χ0n) is 13.6. The molecule has 1 N–H and O–H groups in total. The second-order valence-electron chi connectivity index (χ2n) is 6.60. The lowest BCUT2D eigenvalue weighted by atomic mass is 10.1. The Morgan fingerprint density at radius 2 is 2.12 bits per heavy atom. The van der Waals surface area contributed by atoms with E-state index in [0.29, 0.717) is 23.1 Å². The molecule has 0 spiro atoms. The Labute approximate surface area is 149 Å². The van der Waals surface area contributed by atoms with Crippen LogP contribution in [0, 0.1) is 12.8 Å². The number of rotatable bonds is 3. The molecule has 7 nitrogen and oxygen atoms in total. The van der Waals surface area contributed by atoms with Gasteiger partial charge < -0.3 is 14.6 Å². The maximum absolute atomic E-state index is 12.9. The minimum absolute atomic E-state index is 0.0992. The molecule has 25 heavy (non-hydrogen) atoms. The first-order chi connectivity index (χ1) is 12.0. The molecule has 8 heteroatoms. The van der Waals surface area contributed by atoms with E-state index in [1.807, 2.05) is 18.2 Å². The highest BCUT2D eigenvalue weighted by molar-refractivity contribution is 6.30. The first kappa shape index (κ1) is 16.1. The van der Waals surface area contributed by atoms with Crippen LogP contribution in [0.1, 0.15) is 29.6 Å². The number of carboxylic acid groups (broad SMARTS) is 1. The van der Waals surface area contributed by atoms with Gasteiger partial charge in [-0.05, 0) is 37.0 Å². The second kappa shape index (κ2) is 5.84. The summed E-state index contributed by atoms with van der Waals surface area (Å²) in [6.07, 6.45) is 0.716. The van der Waals surface area contributed by atoms with Crippen LogP contribution in [0.5, 0.6) is 0 Å². The number of carboxylic acids is 1. The molecule has 1 aliphatic carbocycles. The van der Waals surface area contributed by atoms with Crippen LogP contribution >= 0.6 is 11.6 Å². The summed E-state index contributed by atoms with van der Waals surface area (Å²) in [6, 6.07) is 6.59. The molecule has 1 aromatic heterocycles. The quantitative estimate of drug-likeness (QED) is 0.902. The molecule has 1 amide bonds. The summed E-state index contributed by atoms with van der Waals surface area (Å²) in [6.45, 7) is 2.14. The van der Waals surface area contributed by atoms with Crippen molar-refractivity contribution in [1.82, 2.24) is 19.7 Å². The monoisotopic (exact) mass is 360 g/mol. The van der Waals surface area contributed by atoms with Crippen LogP contribution in [-0.4, -0.2) is 42.7 Å². The van der Waals surface area contributed by atoms with E-state index in [2.05, 4.69) is 10.2 Å². The molecule has 1 aliphatic heterocycles. The zero-order chi connectivity index (χ0) is 17.7. The molecule has 1 fully saturated rings. The summed E-state index contributed by atoms with van der Waals surface area (Å²) in [5.41, 5.74) is 1.02. The van der Waals surface area contributed by atoms with Crippen molar-refractivity contribution < 1.29 is 14.7 Å². The number of aryl methyl sites for hydroxylation is 1. The predicted molar refractivity (Wildman–Crippen MR) is 89.0 cm³/mol. The Morgan fingerprint density at radius 3 is 2.84 bits per heavy atom. The Bertz CT molecular complexity index is 865. The molecule has 0 radical (unpaired) electrons. The minimum Gasteiger partial charge on any atom is -0.480 e. The van der Waals surface area contributed by atoms with Gasteiger partial charge in [0.1, 0.15) is 11.9 Å². The first-order valence-corrected chi connectivity index (χ1v) is 8.51. The smallest absolute Gasteiger partial charge is 0.328 e. The highest BCUT2D eigenvalue weighted by Crippen LogP contribution is 2.49. The molecule has 3 atom stereocenters. The number of nitrogens with zero attached hydrogens (tertiary/aromatic N) is 4. The van der Waals surface area contributed by atoms with Crippen LogP contribution in [-0.2, 0) is 22.7 Å². The van der Waals surface area contributed by atoms with Gasteiger partial charge in [0.05, 0.1) is 13.1 Å². The topological polar surface area (TPSA) is 88.3 Å². The summed E-state index contributed by atoms with van der Waals surface area (Å²) in [5, 5.41) is 18.3. The SMILES string of the molecule is Cc1nnc2n1CC(C(=O)O)N(C(=O)C1CC1c1cccc(Cl)c1)C2. The van der Waals surface area contributed by atoms with Gasteiger partial charge >= 0.3 is 5.97 Å². The molecule has 1 saturated carbocycles. The Hall–Kier alpha value is -2.41. The van der Waals surface area contributed by atoms with E-state index in [-0.39, 0.29) is 30.8 Å². The van der Waals surface area contributed by atoms with Crippen LogP contribution in [0.4, 0.5) is 0 Å². The number of benzene rings is 1. The van der Waals surface area contributed by atoms with Crippen LogP contribution < -0.4 is 0 Å². The number of hydrogen-bond donors (Lipinski definition) is 1. The molecule has 2 aliphatic rings. The maximum atomic E-state index is 12.9. The first-order valence-electron chi connectivity index (χ1n) is 8.13. The van der Waals surface area contributed by atoms with Crippen molar-refractivity contribution in [1.29, 1.82) is 0 Å². The van der Waals surface area contributed by atoms with Crippen LogP contribution in [0.3, 0.4) is 0 Å². The second-order valence-corrected chi connectivity index (χ2v) is 7.03. The van der Waals surface area contributed by atoms with Gasteiger partial charge in [-0.15, -0.1) is 10.2 Å². The standard InChI is InChI=1S/C17H17ClN4O3/c1-9-19-20-15-8-22(14(17(24)25)7-21(9)15)16(23)13-6-12(13)10-3-2-4-11(18)5-10/h2-5,12-14H,6-8H2,1H3,(H,24,25). The van der Waals surface area contributed by atoms with Crippen molar-refractivity contribution in [2.75, 3.05) is 0 Å². The van der Waals surface area contributed by atoms with Gasteiger partial charge in [0, 0.05) is 10.9 Å². The largest absolute Gasteiger partial charge is 0.480 e. The van der Waals surface area contributed by atoms with Gasteiger partial charge in [-0.3, -0.25) is 4.79 Å². The third kappa shape index (κ3) is 2.78. The third-order valence-corrected chi connectivity index (χ3v) is 5.24. The minimum atomic E-state index is -1.01. The van der Waals surface area contributed by atoms with E-state index < -0.39 is 12.0 Å². The fraction of sp³-hybridized carbons (Fsp3) is 0.412. The van der Waals surface area contributed by atoms with E-state index in [9.17, 15) is 14.7 Å². The van der Waals surface area contributed by atoms with Crippen molar-refractivity contribution in [3.63, 3.8) is 0 Å². The fourth-order valence-corrected chi connectivity index (χ4v) is 3.74. The number of aromatic nitrogens is 3. The van der Waals surface area contributed by atoms with Crippen molar-refractivity contribution in [2.45, 2.75) is 38.4 Å². The van der Waals surface area contributed by atoms with Crippen LogP contribution in [0.15, 0.2) is 24.3 Å². The lowest BCUT2D eigenvalue weighted by molar-refractivity contribution is -0.153. The van der Waals surface area contributed by atoms with Gasteiger partial charge in [0.2, 0.25) is 5.91 Å². The highest BCUT2D eigenvalue weighted by Gasteiger charge is 2.49. The molecule has 130 valence electrons. The van der Waals surface area contributed by atoms with E-state index in [4.69, 9.17) is 11.6 Å². The van der Waals surface area contributed by atoms with Gasteiger partial charge in [-0.25, -0.2) is 4.79 Å². The molecule has 0 saturated heterocycles. The summed E-state index contributed by atoms with van der Waals surface area (Å²) < 4.78 is 1.77. The lowest BCUT2D eigenvalue weighted by Crippen LogP contribution is -2.51. The summed E-state index contributed by atoms with van der Waals surface area (Å²) in [5.74, 6) is 0.0503. The average Bonchev–Trinajstić information content (AvgIpc) is 3.31. The highest BCUT2D eigenvalue weighted by atomic mass is 35.5. The average molecular weight is 361 g/mol.